The van der Waals surface area contributed by atoms with E-state index in [0.717, 1.165) is 24.8 Å². The van der Waals surface area contributed by atoms with Crippen molar-refractivity contribution in [1.29, 1.82) is 0 Å². The molecule has 0 radical (unpaired) electrons. The lowest BCUT2D eigenvalue weighted by molar-refractivity contribution is -0.160. The molecule has 2 atom stereocenters. The number of hydrogen-bond acceptors (Lipinski definition) is 4. The summed E-state index contributed by atoms with van der Waals surface area (Å²) < 4.78 is 19.4. The van der Waals surface area contributed by atoms with Gasteiger partial charge in [-0.3, -0.25) is 14.4 Å². The van der Waals surface area contributed by atoms with Gasteiger partial charge in [0, 0.05) is 19.0 Å². The SMILES string of the molecule is O=C(O)C(C(=O)O)C(COCc1ccccc1)C(C(=O)N1CCCCC1)c1ccc(F)cc1. The van der Waals surface area contributed by atoms with Gasteiger partial charge in [0.1, 0.15) is 5.82 Å². The first-order valence-electron chi connectivity index (χ1n) is 11.0. The Morgan fingerprint density at radius 3 is 2.09 bits per heavy atom. The van der Waals surface area contributed by atoms with Crippen molar-refractivity contribution in [2.75, 3.05) is 19.7 Å². The monoisotopic (exact) mass is 457 g/mol. The molecule has 1 heterocycles. The van der Waals surface area contributed by atoms with Crippen LogP contribution in [0.2, 0.25) is 0 Å². The summed E-state index contributed by atoms with van der Waals surface area (Å²) in [6.45, 7) is 0.898. The molecular weight excluding hydrogens is 429 g/mol. The molecule has 3 rings (SSSR count). The number of carboxylic acid groups (broad SMARTS) is 2. The van der Waals surface area contributed by atoms with E-state index in [1.807, 2.05) is 30.3 Å². The highest BCUT2D eigenvalue weighted by molar-refractivity contribution is 5.95. The van der Waals surface area contributed by atoms with Crippen LogP contribution in [0.3, 0.4) is 0 Å². The molecule has 1 amide bonds. The van der Waals surface area contributed by atoms with Gasteiger partial charge in [0.15, 0.2) is 5.92 Å². The predicted octanol–water partition coefficient (Wildman–Crippen LogP) is 3.54. The molecule has 0 bridgehead atoms. The van der Waals surface area contributed by atoms with Crippen molar-refractivity contribution in [2.24, 2.45) is 11.8 Å². The fourth-order valence-electron chi connectivity index (χ4n) is 4.30. The average Bonchev–Trinajstić information content (AvgIpc) is 2.81. The highest BCUT2D eigenvalue weighted by Gasteiger charge is 2.44. The van der Waals surface area contributed by atoms with Crippen LogP contribution in [0, 0.1) is 17.7 Å². The van der Waals surface area contributed by atoms with Crippen molar-refractivity contribution in [3.63, 3.8) is 0 Å². The molecular formula is C25H28FNO6. The maximum atomic E-state index is 13.6. The van der Waals surface area contributed by atoms with Crippen molar-refractivity contribution in [2.45, 2.75) is 31.8 Å². The number of piperidine rings is 1. The van der Waals surface area contributed by atoms with Gasteiger partial charge in [-0.15, -0.1) is 0 Å². The number of likely N-dealkylation sites (tertiary alicyclic amines) is 1. The van der Waals surface area contributed by atoms with Crippen LogP contribution in [0.4, 0.5) is 4.39 Å². The maximum Gasteiger partial charge on any atom is 0.318 e. The highest BCUT2D eigenvalue weighted by Crippen LogP contribution is 2.34. The zero-order chi connectivity index (χ0) is 23.8. The molecule has 0 saturated carbocycles. The minimum Gasteiger partial charge on any atom is -0.481 e. The number of halogens is 1. The number of carbonyl (C=O) groups is 3. The molecule has 1 fully saturated rings. The van der Waals surface area contributed by atoms with Crippen LogP contribution in [0.5, 0.6) is 0 Å². The third-order valence-electron chi connectivity index (χ3n) is 5.97. The summed E-state index contributed by atoms with van der Waals surface area (Å²) in [7, 11) is 0. The van der Waals surface area contributed by atoms with E-state index < -0.39 is 35.5 Å². The van der Waals surface area contributed by atoms with Crippen LogP contribution < -0.4 is 0 Å². The van der Waals surface area contributed by atoms with E-state index in [1.165, 1.54) is 24.3 Å². The van der Waals surface area contributed by atoms with E-state index in [-0.39, 0.29) is 19.1 Å². The fourth-order valence-corrected chi connectivity index (χ4v) is 4.30. The number of benzene rings is 2. The molecule has 176 valence electrons. The van der Waals surface area contributed by atoms with E-state index in [0.29, 0.717) is 18.7 Å². The van der Waals surface area contributed by atoms with E-state index >= 15 is 0 Å². The van der Waals surface area contributed by atoms with Gasteiger partial charge in [0.2, 0.25) is 5.91 Å². The molecule has 8 heteroatoms. The molecule has 7 nitrogen and oxygen atoms in total. The number of aliphatic carboxylic acids is 2. The minimum absolute atomic E-state index is 0.136. The molecule has 0 spiro atoms. The molecule has 2 aromatic rings. The smallest absolute Gasteiger partial charge is 0.318 e. The second kappa shape index (κ2) is 11.6. The van der Waals surface area contributed by atoms with Gasteiger partial charge in [-0.1, -0.05) is 42.5 Å². The number of amides is 1. The Hall–Kier alpha value is -3.26. The van der Waals surface area contributed by atoms with E-state index in [4.69, 9.17) is 4.74 Å². The Kier molecular flexibility index (Phi) is 8.54. The first-order chi connectivity index (χ1) is 15.9. The van der Waals surface area contributed by atoms with Gasteiger partial charge < -0.3 is 19.8 Å². The van der Waals surface area contributed by atoms with Crippen LogP contribution in [0.1, 0.15) is 36.3 Å². The molecule has 1 aliphatic rings. The lowest BCUT2D eigenvalue weighted by atomic mass is 9.77. The summed E-state index contributed by atoms with van der Waals surface area (Å²) in [4.78, 5) is 39.2. The van der Waals surface area contributed by atoms with E-state index in [1.54, 1.807) is 4.90 Å². The van der Waals surface area contributed by atoms with Gasteiger partial charge in [-0.05, 0) is 42.5 Å². The van der Waals surface area contributed by atoms with Gasteiger partial charge in [0.25, 0.3) is 0 Å². The van der Waals surface area contributed by atoms with Gasteiger partial charge in [-0.25, -0.2) is 4.39 Å². The van der Waals surface area contributed by atoms with Crippen molar-refractivity contribution >= 4 is 17.8 Å². The lowest BCUT2D eigenvalue weighted by Crippen LogP contribution is -2.46. The number of carboxylic acids is 2. The number of hydrogen-bond donors (Lipinski definition) is 2. The molecule has 2 N–H and O–H groups in total. The molecule has 1 saturated heterocycles. The Bertz CT molecular complexity index is 929. The minimum atomic E-state index is -1.87. The molecule has 2 aromatic carbocycles. The van der Waals surface area contributed by atoms with Crippen molar-refractivity contribution < 1.29 is 33.7 Å². The number of nitrogens with zero attached hydrogens (tertiary/aromatic N) is 1. The summed E-state index contributed by atoms with van der Waals surface area (Å²) in [6, 6.07) is 14.4. The topological polar surface area (TPSA) is 104 Å². The van der Waals surface area contributed by atoms with Crippen LogP contribution in [0.25, 0.3) is 0 Å². The zero-order valence-electron chi connectivity index (χ0n) is 18.2. The van der Waals surface area contributed by atoms with Crippen LogP contribution in [0.15, 0.2) is 54.6 Å². The summed E-state index contributed by atoms with van der Waals surface area (Å²) in [5, 5.41) is 19.5. The first kappa shape index (κ1) is 24.4. The molecule has 33 heavy (non-hydrogen) atoms. The van der Waals surface area contributed by atoms with Crippen LogP contribution in [-0.2, 0) is 25.7 Å². The number of rotatable bonds is 10. The van der Waals surface area contributed by atoms with Crippen molar-refractivity contribution in [3.8, 4) is 0 Å². The number of carbonyl (C=O) groups excluding carboxylic acids is 1. The summed E-state index contributed by atoms with van der Waals surface area (Å²) >= 11 is 0. The zero-order valence-corrected chi connectivity index (χ0v) is 18.2. The molecule has 0 aliphatic carbocycles. The average molecular weight is 457 g/mol. The second-order valence-corrected chi connectivity index (χ2v) is 8.23. The summed E-state index contributed by atoms with van der Waals surface area (Å²) in [5.41, 5.74) is 1.20. The molecule has 0 aromatic heterocycles. The standard InChI is InChI=1S/C25H28FNO6/c26-19-11-9-18(10-12-19)21(23(28)27-13-5-2-6-14-27)20(22(24(29)30)25(31)32)16-33-15-17-7-3-1-4-8-17/h1,3-4,7-12,20-22H,2,5-6,13-16H2,(H,29,30)(H,31,32). The molecule has 1 aliphatic heterocycles. The highest BCUT2D eigenvalue weighted by atomic mass is 19.1. The van der Waals surface area contributed by atoms with E-state index in [9.17, 15) is 29.0 Å². The lowest BCUT2D eigenvalue weighted by Gasteiger charge is -2.35. The summed E-state index contributed by atoms with van der Waals surface area (Å²) in [6.07, 6.45) is 2.62. The van der Waals surface area contributed by atoms with Crippen molar-refractivity contribution in [3.05, 3.63) is 71.5 Å². The van der Waals surface area contributed by atoms with Crippen LogP contribution >= 0.6 is 0 Å². The maximum absolute atomic E-state index is 13.6. The summed E-state index contributed by atoms with van der Waals surface area (Å²) in [5.74, 6) is -8.12. The fraction of sp³-hybridized carbons (Fsp3) is 0.400. The predicted molar refractivity (Wildman–Crippen MR) is 118 cm³/mol. The third-order valence-corrected chi connectivity index (χ3v) is 5.97. The van der Waals surface area contributed by atoms with Crippen molar-refractivity contribution in [1.82, 2.24) is 4.90 Å². The first-order valence-corrected chi connectivity index (χ1v) is 11.0. The Morgan fingerprint density at radius 2 is 1.52 bits per heavy atom. The largest absolute Gasteiger partial charge is 0.481 e. The van der Waals surface area contributed by atoms with Gasteiger partial charge >= 0.3 is 11.9 Å². The van der Waals surface area contributed by atoms with E-state index in [2.05, 4.69) is 0 Å². The Balaban J connectivity index is 1.96. The Labute approximate surface area is 191 Å². The van der Waals surface area contributed by atoms with Gasteiger partial charge in [-0.2, -0.15) is 0 Å². The quantitative estimate of drug-likeness (QED) is 0.529. The normalized spacial score (nSPS) is 15.8. The molecule has 2 unspecified atom stereocenters. The van der Waals surface area contributed by atoms with Crippen LogP contribution in [-0.4, -0.2) is 52.7 Å². The second-order valence-electron chi connectivity index (χ2n) is 8.23. The third kappa shape index (κ3) is 6.38. The number of ether oxygens (including phenoxy) is 1. The van der Waals surface area contributed by atoms with Gasteiger partial charge in [0.05, 0.1) is 19.1 Å². The Morgan fingerprint density at radius 1 is 0.909 bits per heavy atom.